The number of hydrogen-bond acceptors (Lipinski definition) is 4. The van der Waals surface area contributed by atoms with E-state index in [0.29, 0.717) is 19.1 Å². The van der Waals surface area contributed by atoms with Crippen LogP contribution in [0.15, 0.2) is 60.6 Å². The van der Waals surface area contributed by atoms with Crippen molar-refractivity contribution in [1.82, 2.24) is 10.3 Å². The van der Waals surface area contributed by atoms with Gasteiger partial charge in [-0.3, -0.25) is 4.98 Å². The molecule has 0 amide bonds. The average Bonchev–Trinajstić information content (AvgIpc) is 3.13. The van der Waals surface area contributed by atoms with Crippen molar-refractivity contribution in [2.75, 3.05) is 6.61 Å². The van der Waals surface area contributed by atoms with Gasteiger partial charge in [0.25, 0.3) is 0 Å². The predicted octanol–water partition coefficient (Wildman–Crippen LogP) is 4.91. The lowest BCUT2D eigenvalue weighted by molar-refractivity contribution is 0.131. The maximum absolute atomic E-state index is 5.69. The highest BCUT2D eigenvalue weighted by molar-refractivity contribution is 5.27. The normalized spacial score (nSPS) is 15.7. The molecule has 1 aliphatic heterocycles. The number of pyridine rings is 1. The number of ether oxygens (including phenoxy) is 2. The first-order valence-corrected chi connectivity index (χ1v) is 8.91. The smallest absolute Gasteiger partial charge is 0.195 e. The monoisotopic (exact) mass is 340 g/mol. The van der Waals surface area contributed by atoms with Crippen molar-refractivity contribution in [1.29, 1.82) is 0 Å². The number of rotatable bonds is 6. The second-order valence-electron chi connectivity index (χ2n) is 5.94. The Kier molecular flexibility index (Phi) is 7.48. The zero-order valence-electron chi connectivity index (χ0n) is 15.5. The van der Waals surface area contributed by atoms with Crippen molar-refractivity contribution in [2.45, 2.75) is 46.4 Å². The molecule has 4 nitrogen and oxygen atoms in total. The summed E-state index contributed by atoms with van der Waals surface area (Å²) in [6, 6.07) is 14.3. The second kappa shape index (κ2) is 9.84. The van der Waals surface area contributed by atoms with Crippen LogP contribution in [0.1, 0.15) is 56.7 Å². The van der Waals surface area contributed by atoms with Crippen LogP contribution in [0.4, 0.5) is 0 Å². The molecule has 134 valence electrons. The highest BCUT2D eigenvalue weighted by Crippen LogP contribution is 2.24. The number of aromatic nitrogens is 1. The standard InChI is InChI=1S/C19H22N2O2.C2H6/c1-14(2)15-6-8-16(9-7-15)19-21-18(13-23-19)12-22-11-17-5-3-4-10-20-17;1-2/h3-10,13-14,19,21H,11-12H2,1-2H3;1-2H3. The minimum atomic E-state index is -0.135. The SMILES string of the molecule is CC.CC(C)c1ccc(C2NC(COCc3ccccn3)=CO2)cc1. The third-order valence-electron chi connectivity index (χ3n) is 3.80. The Labute approximate surface area is 150 Å². The van der Waals surface area contributed by atoms with E-state index >= 15 is 0 Å². The van der Waals surface area contributed by atoms with E-state index in [1.807, 2.05) is 32.0 Å². The van der Waals surface area contributed by atoms with Gasteiger partial charge in [-0.25, -0.2) is 0 Å². The summed E-state index contributed by atoms with van der Waals surface area (Å²) in [5, 5.41) is 3.34. The molecule has 1 unspecified atom stereocenters. The Hall–Kier alpha value is -2.33. The van der Waals surface area contributed by atoms with Gasteiger partial charge in [0.05, 0.1) is 24.6 Å². The van der Waals surface area contributed by atoms with E-state index in [1.165, 1.54) is 5.56 Å². The second-order valence-corrected chi connectivity index (χ2v) is 5.94. The molecule has 0 saturated carbocycles. The summed E-state index contributed by atoms with van der Waals surface area (Å²) in [7, 11) is 0. The summed E-state index contributed by atoms with van der Waals surface area (Å²) >= 11 is 0. The van der Waals surface area contributed by atoms with E-state index in [9.17, 15) is 0 Å². The summed E-state index contributed by atoms with van der Waals surface area (Å²) in [6.07, 6.45) is 3.37. The van der Waals surface area contributed by atoms with Gasteiger partial charge in [0, 0.05) is 11.8 Å². The molecular formula is C21H28N2O2. The van der Waals surface area contributed by atoms with Gasteiger partial charge >= 0.3 is 0 Å². The summed E-state index contributed by atoms with van der Waals surface area (Å²) < 4.78 is 11.4. The highest BCUT2D eigenvalue weighted by Gasteiger charge is 2.19. The lowest BCUT2D eigenvalue weighted by Gasteiger charge is -2.14. The molecule has 0 radical (unpaired) electrons. The minimum Gasteiger partial charge on any atom is -0.472 e. The topological polar surface area (TPSA) is 43.4 Å². The summed E-state index contributed by atoms with van der Waals surface area (Å²) in [4.78, 5) is 4.23. The maximum Gasteiger partial charge on any atom is 0.195 e. The Morgan fingerprint density at radius 3 is 2.48 bits per heavy atom. The van der Waals surface area contributed by atoms with Crippen LogP contribution in [0.2, 0.25) is 0 Å². The van der Waals surface area contributed by atoms with Crippen molar-refractivity contribution in [3.05, 3.63) is 77.4 Å². The summed E-state index contributed by atoms with van der Waals surface area (Å²) in [5.74, 6) is 0.537. The fourth-order valence-electron chi connectivity index (χ4n) is 2.43. The van der Waals surface area contributed by atoms with Crippen LogP contribution in [0, 0.1) is 0 Å². The molecule has 2 heterocycles. The molecular weight excluding hydrogens is 312 g/mol. The van der Waals surface area contributed by atoms with Crippen LogP contribution < -0.4 is 5.32 Å². The fraction of sp³-hybridized carbons (Fsp3) is 0.381. The van der Waals surface area contributed by atoms with Gasteiger partial charge in [-0.2, -0.15) is 0 Å². The third kappa shape index (κ3) is 5.61. The minimum absolute atomic E-state index is 0.135. The first-order valence-electron chi connectivity index (χ1n) is 8.91. The Bertz CT molecular complexity index is 651. The molecule has 25 heavy (non-hydrogen) atoms. The molecule has 0 aliphatic carbocycles. The molecule has 3 rings (SSSR count). The van der Waals surface area contributed by atoms with Crippen molar-refractivity contribution in [2.24, 2.45) is 0 Å². The van der Waals surface area contributed by atoms with E-state index in [2.05, 4.69) is 48.4 Å². The number of benzene rings is 1. The van der Waals surface area contributed by atoms with Gasteiger partial charge in [0.1, 0.15) is 6.26 Å². The van der Waals surface area contributed by atoms with Crippen molar-refractivity contribution in [3.8, 4) is 0 Å². The lowest BCUT2D eigenvalue weighted by atomic mass is 10.0. The van der Waals surface area contributed by atoms with E-state index in [-0.39, 0.29) is 6.23 Å². The molecule has 2 aromatic rings. The maximum atomic E-state index is 5.69. The third-order valence-corrected chi connectivity index (χ3v) is 3.80. The van der Waals surface area contributed by atoms with Gasteiger partial charge in [0.15, 0.2) is 6.23 Å². The number of hydrogen-bond donors (Lipinski definition) is 1. The molecule has 0 fully saturated rings. The molecule has 1 atom stereocenters. The van der Waals surface area contributed by atoms with Crippen LogP contribution >= 0.6 is 0 Å². The highest BCUT2D eigenvalue weighted by atomic mass is 16.5. The van der Waals surface area contributed by atoms with Crippen LogP contribution in [0.25, 0.3) is 0 Å². The van der Waals surface area contributed by atoms with Crippen molar-refractivity contribution < 1.29 is 9.47 Å². The van der Waals surface area contributed by atoms with Gasteiger partial charge < -0.3 is 14.8 Å². The van der Waals surface area contributed by atoms with E-state index in [0.717, 1.165) is 17.0 Å². The fourth-order valence-corrected chi connectivity index (χ4v) is 2.43. The lowest BCUT2D eigenvalue weighted by Crippen LogP contribution is -2.18. The van der Waals surface area contributed by atoms with Crippen molar-refractivity contribution in [3.63, 3.8) is 0 Å². The number of nitrogens with zero attached hydrogens (tertiary/aromatic N) is 1. The zero-order valence-corrected chi connectivity index (χ0v) is 15.5. The molecule has 1 aromatic carbocycles. The first kappa shape index (κ1) is 19.0. The van der Waals surface area contributed by atoms with Crippen molar-refractivity contribution >= 4 is 0 Å². The van der Waals surface area contributed by atoms with Crippen LogP contribution in [0.5, 0.6) is 0 Å². The summed E-state index contributed by atoms with van der Waals surface area (Å²) in [6.45, 7) is 9.36. The molecule has 1 N–H and O–H groups in total. The first-order chi connectivity index (χ1) is 12.2. The Balaban J connectivity index is 0.00000109. The molecule has 4 heteroatoms. The average molecular weight is 340 g/mol. The molecule has 0 saturated heterocycles. The number of nitrogens with one attached hydrogen (secondary N) is 1. The van der Waals surface area contributed by atoms with Crippen LogP contribution in [-0.4, -0.2) is 11.6 Å². The zero-order chi connectivity index (χ0) is 18.1. The van der Waals surface area contributed by atoms with Gasteiger partial charge in [-0.1, -0.05) is 58.0 Å². The molecule has 0 spiro atoms. The van der Waals surface area contributed by atoms with E-state index < -0.39 is 0 Å². The van der Waals surface area contributed by atoms with E-state index in [1.54, 1.807) is 12.5 Å². The van der Waals surface area contributed by atoms with Gasteiger partial charge in [0.2, 0.25) is 0 Å². The Morgan fingerprint density at radius 1 is 1.08 bits per heavy atom. The summed E-state index contributed by atoms with van der Waals surface area (Å²) in [5.41, 5.74) is 4.32. The molecule has 1 aliphatic rings. The van der Waals surface area contributed by atoms with Gasteiger partial charge in [-0.15, -0.1) is 0 Å². The van der Waals surface area contributed by atoms with Crippen LogP contribution in [-0.2, 0) is 16.1 Å². The quantitative estimate of drug-likeness (QED) is 0.811. The van der Waals surface area contributed by atoms with E-state index in [4.69, 9.17) is 9.47 Å². The van der Waals surface area contributed by atoms with Crippen LogP contribution in [0.3, 0.4) is 0 Å². The van der Waals surface area contributed by atoms with Gasteiger partial charge in [-0.05, 0) is 23.6 Å². The Morgan fingerprint density at radius 2 is 1.84 bits per heavy atom. The largest absolute Gasteiger partial charge is 0.472 e. The molecule has 1 aromatic heterocycles. The predicted molar refractivity (Wildman–Crippen MR) is 101 cm³/mol. The molecule has 0 bridgehead atoms.